The Kier molecular flexibility index (Phi) is 5.49. The summed E-state index contributed by atoms with van der Waals surface area (Å²) in [6, 6.07) is 14.7. The Labute approximate surface area is 137 Å². The number of likely N-dealkylation sites (N-methyl/N-ethyl adjacent to an activating group) is 1. The highest BCUT2D eigenvalue weighted by atomic mass is 16.5. The smallest absolute Gasteiger partial charge is 0.0948 e. The van der Waals surface area contributed by atoms with Gasteiger partial charge in [0.25, 0.3) is 0 Å². The summed E-state index contributed by atoms with van der Waals surface area (Å²) in [5, 5.41) is 12.7. The van der Waals surface area contributed by atoms with Gasteiger partial charge in [0.2, 0.25) is 0 Å². The highest BCUT2D eigenvalue weighted by molar-refractivity contribution is 5.85. The van der Waals surface area contributed by atoms with E-state index in [2.05, 4.69) is 35.2 Å². The average Bonchev–Trinajstić information content (AvgIpc) is 2.60. The van der Waals surface area contributed by atoms with Gasteiger partial charge >= 0.3 is 0 Å². The zero-order valence-electron chi connectivity index (χ0n) is 13.6. The number of benzene rings is 2. The fourth-order valence-electron chi connectivity index (χ4n) is 2.98. The highest BCUT2D eigenvalue weighted by Gasteiger charge is 2.17. The van der Waals surface area contributed by atoms with E-state index in [1.165, 1.54) is 10.8 Å². The Hall–Kier alpha value is -1.62. The van der Waals surface area contributed by atoms with E-state index >= 15 is 0 Å². The van der Waals surface area contributed by atoms with Gasteiger partial charge in [-0.1, -0.05) is 30.3 Å². The van der Waals surface area contributed by atoms with Gasteiger partial charge in [-0.25, -0.2) is 0 Å². The lowest BCUT2D eigenvalue weighted by Gasteiger charge is -2.26. The largest absolute Gasteiger partial charge is 0.389 e. The summed E-state index contributed by atoms with van der Waals surface area (Å²) < 4.78 is 11.1. The average molecular weight is 315 g/mol. The molecule has 1 saturated heterocycles. The zero-order chi connectivity index (χ0) is 16.1. The third-order valence-corrected chi connectivity index (χ3v) is 4.35. The third kappa shape index (κ3) is 4.44. The van der Waals surface area contributed by atoms with Crippen LogP contribution in [0.2, 0.25) is 0 Å². The van der Waals surface area contributed by atoms with Gasteiger partial charge in [0.05, 0.1) is 18.8 Å². The molecular weight excluding hydrogens is 290 g/mol. The molecule has 0 amide bonds. The molecule has 1 unspecified atom stereocenters. The maximum absolute atomic E-state index is 10.2. The lowest BCUT2D eigenvalue weighted by molar-refractivity contribution is -0.0573. The SMILES string of the molecule is CN(CC(O)COC1CCOCC1)c1ccc2ccccc2c1. The number of rotatable bonds is 6. The zero-order valence-corrected chi connectivity index (χ0v) is 13.6. The van der Waals surface area contributed by atoms with E-state index in [1.54, 1.807) is 0 Å². The molecule has 4 nitrogen and oxygen atoms in total. The van der Waals surface area contributed by atoms with Crippen molar-refractivity contribution in [3.05, 3.63) is 42.5 Å². The predicted molar refractivity (Wildman–Crippen MR) is 93.0 cm³/mol. The molecule has 23 heavy (non-hydrogen) atoms. The topological polar surface area (TPSA) is 41.9 Å². The van der Waals surface area contributed by atoms with Gasteiger partial charge in [0.1, 0.15) is 0 Å². The second-order valence-electron chi connectivity index (χ2n) is 6.21. The Balaban J connectivity index is 1.53. The van der Waals surface area contributed by atoms with E-state index in [4.69, 9.17) is 9.47 Å². The molecule has 1 fully saturated rings. The standard InChI is InChI=1S/C19H25NO3/c1-20(13-18(21)14-23-19-8-10-22-11-9-19)17-7-6-15-4-2-3-5-16(15)12-17/h2-7,12,18-19,21H,8-11,13-14H2,1H3. The van der Waals surface area contributed by atoms with Crippen molar-refractivity contribution >= 4 is 16.5 Å². The molecule has 0 aromatic heterocycles. The van der Waals surface area contributed by atoms with Crippen LogP contribution in [0.3, 0.4) is 0 Å². The van der Waals surface area contributed by atoms with E-state index in [-0.39, 0.29) is 6.10 Å². The molecule has 1 heterocycles. The van der Waals surface area contributed by atoms with Crippen molar-refractivity contribution in [2.75, 3.05) is 38.3 Å². The number of fused-ring (bicyclic) bond motifs is 1. The van der Waals surface area contributed by atoms with Crippen molar-refractivity contribution in [1.82, 2.24) is 0 Å². The van der Waals surface area contributed by atoms with Gasteiger partial charge < -0.3 is 19.5 Å². The maximum atomic E-state index is 10.2. The molecule has 0 aliphatic carbocycles. The van der Waals surface area contributed by atoms with E-state index in [9.17, 15) is 5.11 Å². The van der Waals surface area contributed by atoms with Gasteiger partial charge in [0.15, 0.2) is 0 Å². The van der Waals surface area contributed by atoms with Crippen molar-refractivity contribution in [2.24, 2.45) is 0 Å². The lowest BCUT2D eigenvalue weighted by Crippen LogP contribution is -2.34. The number of hydrogen-bond acceptors (Lipinski definition) is 4. The summed E-state index contributed by atoms with van der Waals surface area (Å²) in [5.74, 6) is 0. The van der Waals surface area contributed by atoms with Crippen LogP contribution >= 0.6 is 0 Å². The first-order valence-corrected chi connectivity index (χ1v) is 8.30. The first kappa shape index (κ1) is 16.2. The predicted octanol–water partition coefficient (Wildman–Crippen LogP) is 2.83. The minimum absolute atomic E-state index is 0.226. The Morgan fingerprint density at radius 3 is 2.70 bits per heavy atom. The fraction of sp³-hybridized carbons (Fsp3) is 0.474. The molecule has 3 rings (SSSR count). The molecule has 0 bridgehead atoms. The van der Waals surface area contributed by atoms with Crippen LogP contribution in [0, 0.1) is 0 Å². The molecule has 1 aliphatic rings. The van der Waals surface area contributed by atoms with Crippen molar-refractivity contribution in [3.63, 3.8) is 0 Å². The van der Waals surface area contributed by atoms with Crippen LogP contribution in [-0.4, -0.2) is 50.7 Å². The summed E-state index contributed by atoms with van der Waals surface area (Å²) in [7, 11) is 2.00. The molecule has 1 aliphatic heterocycles. The summed E-state index contributed by atoms with van der Waals surface area (Å²) >= 11 is 0. The van der Waals surface area contributed by atoms with Crippen LogP contribution in [-0.2, 0) is 9.47 Å². The first-order valence-electron chi connectivity index (χ1n) is 8.30. The van der Waals surface area contributed by atoms with Crippen LogP contribution in [0.5, 0.6) is 0 Å². The van der Waals surface area contributed by atoms with Crippen LogP contribution in [0.25, 0.3) is 10.8 Å². The van der Waals surface area contributed by atoms with E-state index in [1.807, 2.05) is 19.2 Å². The Bertz CT molecular complexity index is 625. The number of hydrogen-bond donors (Lipinski definition) is 1. The van der Waals surface area contributed by atoms with Gasteiger partial charge in [-0.3, -0.25) is 0 Å². The lowest BCUT2D eigenvalue weighted by atomic mass is 10.1. The monoisotopic (exact) mass is 315 g/mol. The maximum Gasteiger partial charge on any atom is 0.0948 e. The number of aliphatic hydroxyl groups excluding tert-OH is 1. The van der Waals surface area contributed by atoms with Crippen molar-refractivity contribution in [2.45, 2.75) is 25.0 Å². The van der Waals surface area contributed by atoms with E-state index in [0.717, 1.165) is 31.7 Å². The third-order valence-electron chi connectivity index (χ3n) is 4.35. The second-order valence-corrected chi connectivity index (χ2v) is 6.21. The minimum Gasteiger partial charge on any atom is -0.389 e. The molecule has 124 valence electrons. The first-order chi connectivity index (χ1) is 11.2. The highest BCUT2D eigenvalue weighted by Crippen LogP contribution is 2.21. The van der Waals surface area contributed by atoms with Gasteiger partial charge in [-0.2, -0.15) is 0 Å². The molecule has 0 saturated carbocycles. The molecule has 4 heteroatoms. The molecule has 1 N–H and O–H groups in total. The van der Waals surface area contributed by atoms with E-state index < -0.39 is 6.10 Å². The van der Waals surface area contributed by atoms with Crippen LogP contribution in [0.4, 0.5) is 5.69 Å². The fourth-order valence-corrected chi connectivity index (χ4v) is 2.98. The quantitative estimate of drug-likeness (QED) is 0.890. The molecule has 2 aromatic rings. The molecule has 1 atom stereocenters. The second kappa shape index (κ2) is 7.77. The minimum atomic E-state index is -0.491. The van der Waals surface area contributed by atoms with E-state index in [0.29, 0.717) is 13.2 Å². The Morgan fingerprint density at radius 1 is 1.17 bits per heavy atom. The summed E-state index contributed by atoms with van der Waals surface area (Å²) in [5.41, 5.74) is 1.11. The number of anilines is 1. The number of nitrogens with zero attached hydrogens (tertiary/aromatic N) is 1. The molecule has 2 aromatic carbocycles. The number of aliphatic hydroxyl groups is 1. The summed E-state index contributed by atoms with van der Waals surface area (Å²) in [6.07, 6.45) is 1.58. The van der Waals surface area contributed by atoms with Gasteiger partial charge in [-0.05, 0) is 35.7 Å². The summed E-state index contributed by atoms with van der Waals surface area (Å²) in [4.78, 5) is 2.07. The van der Waals surface area contributed by atoms with Crippen LogP contribution in [0.1, 0.15) is 12.8 Å². The normalized spacial score (nSPS) is 17.3. The van der Waals surface area contributed by atoms with Crippen molar-refractivity contribution < 1.29 is 14.6 Å². The Morgan fingerprint density at radius 2 is 1.91 bits per heavy atom. The summed E-state index contributed by atoms with van der Waals surface area (Å²) in [6.45, 7) is 2.46. The van der Waals surface area contributed by atoms with Crippen molar-refractivity contribution in [1.29, 1.82) is 0 Å². The van der Waals surface area contributed by atoms with Crippen LogP contribution in [0.15, 0.2) is 42.5 Å². The number of ether oxygens (including phenoxy) is 2. The molecular formula is C19H25NO3. The van der Waals surface area contributed by atoms with Gasteiger partial charge in [0, 0.05) is 32.5 Å². The van der Waals surface area contributed by atoms with Crippen molar-refractivity contribution in [3.8, 4) is 0 Å². The van der Waals surface area contributed by atoms with Crippen LogP contribution < -0.4 is 4.90 Å². The van der Waals surface area contributed by atoms with Gasteiger partial charge in [-0.15, -0.1) is 0 Å². The molecule has 0 spiro atoms. The molecule has 0 radical (unpaired) electrons.